The van der Waals surface area contributed by atoms with Crippen LogP contribution >= 0.6 is 0 Å². The molecule has 0 unspecified atom stereocenters. The number of rotatable bonds is 3. The molecule has 1 saturated carbocycles. The Kier molecular flexibility index (Phi) is 3.60. The number of nitrogens with one attached hydrogen (secondary N) is 1. The number of phenols is 1. The van der Waals surface area contributed by atoms with Crippen molar-refractivity contribution < 1.29 is 9.50 Å². The third kappa shape index (κ3) is 2.37. The summed E-state index contributed by atoms with van der Waals surface area (Å²) in [5.74, 6) is -0.317. The molecule has 1 atom stereocenters. The maximum atomic E-state index is 13.5. The van der Waals surface area contributed by atoms with Gasteiger partial charge in [-0.1, -0.05) is 6.07 Å². The number of halogens is 1. The van der Waals surface area contributed by atoms with Gasteiger partial charge in [-0.15, -0.1) is 0 Å². The summed E-state index contributed by atoms with van der Waals surface area (Å²) in [6.45, 7) is 3.69. The van der Waals surface area contributed by atoms with E-state index in [4.69, 9.17) is 5.26 Å². The lowest BCUT2D eigenvalue weighted by molar-refractivity contribution is 0.153. The van der Waals surface area contributed by atoms with Gasteiger partial charge in [-0.25, -0.2) is 4.39 Å². The second-order valence-corrected chi connectivity index (χ2v) is 5.54. The highest BCUT2D eigenvalue weighted by molar-refractivity contribution is 5.50. The Balaban J connectivity index is 1.97. The molecule has 1 aromatic rings. The van der Waals surface area contributed by atoms with Gasteiger partial charge in [0.1, 0.15) is 23.2 Å². The molecule has 0 aromatic heterocycles. The second-order valence-electron chi connectivity index (χ2n) is 5.54. The zero-order valence-corrected chi connectivity index (χ0v) is 11.3. The Morgan fingerprint density at radius 3 is 2.65 bits per heavy atom. The molecule has 2 aliphatic rings. The summed E-state index contributed by atoms with van der Waals surface area (Å²) in [4.78, 5) is 2.34. The van der Waals surface area contributed by atoms with Crippen molar-refractivity contribution in [3.63, 3.8) is 0 Å². The number of hydrogen-bond acceptors (Lipinski definition) is 4. The molecular weight excluding hydrogens is 257 g/mol. The van der Waals surface area contributed by atoms with Crippen molar-refractivity contribution in [2.45, 2.75) is 18.9 Å². The number of nitrogens with zero attached hydrogens (tertiary/aromatic N) is 2. The third-order valence-electron chi connectivity index (χ3n) is 4.20. The van der Waals surface area contributed by atoms with Crippen LogP contribution in [-0.4, -0.2) is 36.2 Å². The Morgan fingerprint density at radius 1 is 1.35 bits per heavy atom. The van der Waals surface area contributed by atoms with Crippen LogP contribution in [0.15, 0.2) is 12.1 Å². The van der Waals surface area contributed by atoms with Crippen LogP contribution in [0.3, 0.4) is 0 Å². The fourth-order valence-electron chi connectivity index (χ4n) is 3.05. The predicted octanol–water partition coefficient (Wildman–Crippen LogP) is 1.76. The molecule has 3 rings (SSSR count). The maximum Gasteiger partial charge on any atom is 0.144 e. The van der Waals surface area contributed by atoms with Gasteiger partial charge in [0.15, 0.2) is 0 Å². The van der Waals surface area contributed by atoms with Crippen LogP contribution in [0, 0.1) is 23.1 Å². The van der Waals surface area contributed by atoms with Crippen molar-refractivity contribution in [2.24, 2.45) is 5.92 Å². The normalized spacial score (nSPS) is 21.4. The minimum absolute atomic E-state index is 0.102. The largest absolute Gasteiger partial charge is 0.506 e. The van der Waals surface area contributed by atoms with Crippen LogP contribution in [0.2, 0.25) is 0 Å². The van der Waals surface area contributed by atoms with Crippen molar-refractivity contribution in [1.29, 1.82) is 5.26 Å². The van der Waals surface area contributed by atoms with Crippen LogP contribution in [0.4, 0.5) is 4.39 Å². The minimum Gasteiger partial charge on any atom is -0.506 e. The van der Waals surface area contributed by atoms with Gasteiger partial charge >= 0.3 is 0 Å². The highest BCUT2D eigenvalue weighted by atomic mass is 19.1. The van der Waals surface area contributed by atoms with Crippen molar-refractivity contribution in [1.82, 2.24) is 10.2 Å². The Labute approximate surface area is 117 Å². The smallest absolute Gasteiger partial charge is 0.144 e. The SMILES string of the molecule is N#Cc1c(F)ccc([C@@H](C2CC2)N2CCNCC2)c1O. The van der Waals surface area contributed by atoms with E-state index in [1.165, 1.54) is 6.07 Å². The van der Waals surface area contributed by atoms with Crippen LogP contribution in [0.1, 0.15) is 30.0 Å². The van der Waals surface area contributed by atoms with Crippen molar-refractivity contribution >= 4 is 0 Å². The molecule has 1 aromatic carbocycles. The molecule has 0 bridgehead atoms. The van der Waals surface area contributed by atoms with E-state index in [-0.39, 0.29) is 17.4 Å². The van der Waals surface area contributed by atoms with Gasteiger partial charge in [-0.3, -0.25) is 4.90 Å². The Morgan fingerprint density at radius 2 is 2.05 bits per heavy atom. The molecule has 1 heterocycles. The molecule has 0 spiro atoms. The van der Waals surface area contributed by atoms with E-state index in [2.05, 4.69) is 10.2 Å². The van der Waals surface area contributed by atoms with E-state index in [0.29, 0.717) is 11.5 Å². The fourth-order valence-corrected chi connectivity index (χ4v) is 3.05. The van der Waals surface area contributed by atoms with Gasteiger partial charge in [0.25, 0.3) is 0 Å². The number of aromatic hydroxyl groups is 1. The van der Waals surface area contributed by atoms with Crippen molar-refractivity contribution in [3.8, 4) is 11.8 Å². The maximum absolute atomic E-state index is 13.5. The topological polar surface area (TPSA) is 59.3 Å². The zero-order valence-electron chi connectivity index (χ0n) is 11.3. The lowest BCUT2D eigenvalue weighted by atomic mass is 9.96. The molecular formula is C15H18FN3O. The molecule has 106 valence electrons. The average Bonchev–Trinajstić information content (AvgIpc) is 3.28. The fraction of sp³-hybridized carbons (Fsp3) is 0.533. The molecule has 2 N–H and O–H groups in total. The first-order chi connectivity index (χ1) is 9.72. The minimum atomic E-state index is -0.649. The highest BCUT2D eigenvalue weighted by Gasteiger charge is 2.38. The molecule has 1 aliphatic carbocycles. The number of benzene rings is 1. The molecule has 5 heteroatoms. The third-order valence-corrected chi connectivity index (χ3v) is 4.20. The summed E-state index contributed by atoms with van der Waals surface area (Å²) in [6, 6.07) is 4.80. The number of hydrogen-bond donors (Lipinski definition) is 2. The van der Waals surface area contributed by atoms with E-state index in [9.17, 15) is 9.50 Å². The van der Waals surface area contributed by atoms with Gasteiger partial charge in [0.2, 0.25) is 0 Å². The molecule has 4 nitrogen and oxygen atoms in total. The zero-order chi connectivity index (χ0) is 14.1. The van der Waals surface area contributed by atoms with Gasteiger partial charge in [0, 0.05) is 37.8 Å². The van der Waals surface area contributed by atoms with Crippen LogP contribution in [0.25, 0.3) is 0 Å². The number of piperazine rings is 1. The van der Waals surface area contributed by atoms with Crippen LogP contribution < -0.4 is 5.32 Å². The monoisotopic (exact) mass is 275 g/mol. The van der Waals surface area contributed by atoms with E-state index in [1.54, 1.807) is 12.1 Å². The van der Waals surface area contributed by atoms with Gasteiger partial charge in [-0.05, 0) is 24.8 Å². The van der Waals surface area contributed by atoms with E-state index in [0.717, 1.165) is 39.0 Å². The Bertz CT molecular complexity index is 545. The molecule has 20 heavy (non-hydrogen) atoms. The van der Waals surface area contributed by atoms with E-state index >= 15 is 0 Å². The molecule has 1 saturated heterocycles. The van der Waals surface area contributed by atoms with E-state index in [1.807, 2.05) is 0 Å². The van der Waals surface area contributed by atoms with Gasteiger partial charge in [-0.2, -0.15) is 5.26 Å². The Hall–Kier alpha value is -1.64. The summed E-state index contributed by atoms with van der Waals surface area (Å²) in [5, 5.41) is 22.5. The second kappa shape index (κ2) is 5.39. The molecule has 0 radical (unpaired) electrons. The number of nitriles is 1. The summed E-state index contributed by atoms with van der Waals surface area (Å²) >= 11 is 0. The van der Waals surface area contributed by atoms with Crippen LogP contribution in [0.5, 0.6) is 5.75 Å². The van der Waals surface area contributed by atoms with Gasteiger partial charge in [0.05, 0.1) is 0 Å². The predicted molar refractivity (Wildman–Crippen MR) is 72.7 cm³/mol. The summed E-state index contributed by atoms with van der Waals surface area (Å²) in [5.41, 5.74) is 0.468. The summed E-state index contributed by atoms with van der Waals surface area (Å²) in [7, 11) is 0. The van der Waals surface area contributed by atoms with E-state index < -0.39 is 5.82 Å². The number of phenolic OH excluding ortho intramolecular Hbond substituents is 1. The first kappa shape index (κ1) is 13.3. The summed E-state index contributed by atoms with van der Waals surface area (Å²) < 4.78 is 13.5. The molecule has 0 amide bonds. The standard InChI is InChI=1S/C15H18FN3O/c16-13-4-3-11(15(20)12(13)9-17)14(10-1-2-10)19-7-5-18-6-8-19/h3-4,10,14,18,20H,1-2,5-8H2/t14-/m1/s1. The highest BCUT2D eigenvalue weighted by Crippen LogP contribution is 2.47. The van der Waals surface area contributed by atoms with Gasteiger partial charge < -0.3 is 10.4 Å². The first-order valence-electron chi connectivity index (χ1n) is 7.08. The quantitative estimate of drug-likeness (QED) is 0.882. The summed E-state index contributed by atoms with van der Waals surface area (Å²) in [6.07, 6.45) is 2.26. The molecule has 1 aliphatic heterocycles. The lowest BCUT2D eigenvalue weighted by Crippen LogP contribution is -2.45. The molecule has 2 fully saturated rings. The van der Waals surface area contributed by atoms with Crippen LogP contribution in [-0.2, 0) is 0 Å². The van der Waals surface area contributed by atoms with Crippen molar-refractivity contribution in [2.75, 3.05) is 26.2 Å². The lowest BCUT2D eigenvalue weighted by Gasteiger charge is -2.35. The average molecular weight is 275 g/mol. The first-order valence-corrected chi connectivity index (χ1v) is 7.08. The van der Waals surface area contributed by atoms with Crippen molar-refractivity contribution in [3.05, 3.63) is 29.1 Å².